The number of benzene rings is 1. The van der Waals surface area contributed by atoms with E-state index in [-0.39, 0.29) is 35.9 Å². The van der Waals surface area contributed by atoms with Gasteiger partial charge in [-0.15, -0.1) is 0 Å². The van der Waals surface area contributed by atoms with E-state index >= 15 is 0 Å². The van der Waals surface area contributed by atoms with Gasteiger partial charge in [-0.1, -0.05) is 12.1 Å². The van der Waals surface area contributed by atoms with Gasteiger partial charge in [-0.05, 0) is 48.7 Å². The highest BCUT2D eigenvalue weighted by Gasteiger charge is 2.23. The van der Waals surface area contributed by atoms with Crippen LogP contribution in [0.1, 0.15) is 34.8 Å². The van der Waals surface area contributed by atoms with Gasteiger partial charge in [0, 0.05) is 45.8 Å². The highest BCUT2D eigenvalue weighted by molar-refractivity contribution is 6.01. The third-order valence-electron chi connectivity index (χ3n) is 6.43. The number of aromatic nitrogens is 2. The molecule has 38 heavy (non-hydrogen) atoms. The highest BCUT2D eigenvalue weighted by atomic mass is 19.1. The van der Waals surface area contributed by atoms with Crippen molar-refractivity contribution in [3.8, 4) is 5.75 Å². The van der Waals surface area contributed by atoms with Gasteiger partial charge in [0.25, 0.3) is 11.5 Å². The fourth-order valence-corrected chi connectivity index (χ4v) is 4.47. The summed E-state index contributed by atoms with van der Waals surface area (Å²) in [6, 6.07) is 7.76. The van der Waals surface area contributed by atoms with Crippen molar-refractivity contribution in [3.63, 3.8) is 0 Å². The second-order valence-corrected chi connectivity index (χ2v) is 9.24. The Balaban J connectivity index is 1.59. The minimum absolute atomic E-state index is 0.0776. The van der Waals surface area contributed by atoms with Crippen molar-refractivity contribution in [1.29, 1.82) is 0 Å². The molecule has 0 atom stereocenters. The molecule has 1 aliphatic heterocycles. The van der Waals surface area contributed by atoms with Gasteiger partial charge >= 0.3 is 0 Å². The maximum absolute atomic E-state index is 13.4. The van der Waals surface area contributed by atoms with Crippen LogP contribution >= 0.6 is 0 Å². The Morgan fingerprint density at radius 1 is 1.08 bits per heavy atom. The largest absolute Gasteiger partial charge is 0.505 e. The lowest BCUT2D eigenvalue weighted by atomic mass is 10.1. The second-order valence-electron chi connectivity index (χ2n) is 9.24. The van der Waals surface area contributed by atoms with Crippen LogP contribution in [0.4, 0.5) is 4.39 Å². The van der Waals surface area contributed by atoms with E-state index in [1.54, 1.807) is 24.4 Å². The van der Waals surface area contributed by atoms with Crippen molar-refractivity contribution >= 4 is 22.8 Å². The summed E-state index contributed by atoms with van der Waals surface area (Å²) in [4.78, 5) is 44.5. The normalized spacial score (nSPS) is 13.9. The first-order chi connectivity index (χ1) is 18.3. The summed E-state index contributed by atoms with van der Waals surface area (Å²) in [6.45, 7) is 5.78. The zero-order valence-corrected chi connectivity index (χ0v) is 21.3. The molecule has 3 N–H and O–H groups in total. The van der Waals surface area contributed by atoms with Crippen LogP contribution in [0.25, 0.3) is 11.0 Å². The first kappa shape index (κ1) is 27.2. The minimum atomic E-state index is -0.679. The zero-order chi connectivity index (χ0) is 27.1. The number of carbonyl (C=O) groups is 2. The lowest BCUT2D eigenvalue weighted by Gasteiger charge is -2.26. The number of aromatic hydroxyl groups is 1. The van der Waals surface area contributed by atoms with Crippen LogP contribution in [-0.4, -0.2) is 77.3 Å². The fourth-order valence-electron chi connectivity index (χ4n) is 4.47. The summed E-state index contributed by atoms with van der Waals surface area (Å²) in [5, 5.41) is 16.3. The van der Waals surface area contributed by atoms with Crippen molar-refractivity contribution in [2.75, 3.05) is 45.9 Å². The van der Waals surface area contributed by atoms with Crippen molar-refractivity contribution < 1.29 is 23.8 Å². The molecule has 0 aliphatic carbocycles. The summed E-state index contributed by atoms with van der Waals surface area (Å²) in [5.74, 6) is -1.76. The van der Waals surface area contributed by atoms with E-state index in [2.05, 4.69) is 20.5 Å². The molecule has 10 nitrogen and oxygen atoms in total. The van der Waals surface area contributed by atoms with Gasteiger partial charge < -0.3 is 25.0 Å². The SMILES string of the molecule is CC(=O)NCCn1c(=O)c(C(=O)NCCCN2CCOCC2)c(O)c2ncc(Cc3ccc(F)cc3)cc21. The lowest BCUT2D eigenvalue weighted by Crippen LogP contribution is -2.39. The minimum Gasteiger partial charge on any atom is -0.505 e. The first-order valence-corrected chi connectivity index (χ1v) is 12.6. The van der Waals surface area contributed by atoms with Gasteiger partial charge in [0.05, 0.1) is 18.7 Å². The molecule has 0 unspecified atom stereocenters. The predicted molar refractivity (Wildman–Crippen MR) is 140 cm³/mol. The molecule has 0 bridgehead atoms. The van der Waals surface area contributed by atoms with Gasteiger partial charge in [-0.3, -0.25) is 24.3 Å². The molecule has 3 heterocycles. The first-order valence-electron chi connectivity index (χ1n) is 12.6. The number of halogens is 1. The molecule has 1 aromatic carbocycles. The number of amides is 2. The number of carbonyl (C=O) groups excluding carboxylic acids is 2. The van der Waals surface area contributed by atoms with Crippen molar-refractivity contribution in [2.45, 2.75) is 26.3 Å². The van der Waals surface area contributed by atoms with Gasteiger partial charge in [0.2, 0.25) is 5.91 Å². The molecular formula is C27H32FN5O5. The van der Waals surface area contributed by atoms with Gasteiger partial charge in [0.1, 0.15) is 16.9 Å². The molecule has 1 fully saturated rings. The Kier molecular flexibility index (Phi) is 9.03. The van der Waals surface area contributed by atoms with E-state index in [0.29, 0.717) is 38.1 Å². The van der Waals surface area contributed by atoms with E-state index in [1.807, 2.05) is 0 Å². The molecule has 2 aromatic heterocycles. The summed E-state index contributed by atoms with van der Waals surface area (Å²) < 4.78 is 20.0. The van der Waals surface area contributed by atoms with Crippen LogP contribution in [0.5, 0.6) is 5.75 Å². The average Bonchev–Trinajstić information content (AvgIpc) is 2.90. The van der Waals surface area contributed by atoms with Crippen LogP contribution in [0.3, 0.4) is 0 Å². The second kappa shape index (κ2) is 12.6. The quantitative estimate of drug-likeness (QED) is 0.342. The van der Waals surface area contributed by atoms with Crippen molar-refractivity contribution in [2.24, 2.45) is 0 Å². The maximum atomic E-state index is 13.4. The van der Waals surface area contributed by atoms with Crippen LogP contribution in [0, 0.1) is 5.82 Å². The van der Waals surface area contributed by atoms with Crippen molar-refractivity contribution in [1.82, 2.24) is 25.1 Å². The number of nitrogens with zero attached hydrogens (tertiary/aromatic N) is 3. The number of fused-ring (bicyclic) bond motifs is 1. The number of rotatable bonds is 10. The number of ether oxygens (including phenoxy) is 1. The summed E-state index contributed by atoms with van der Waals surface area (Å²) in [5.41, 5.74) is 0.959. The standard InChI is InChI=1S/C27H32FN5O5/c1-18(34)29-8-10-33-22-16-20(15-19-3-5-21(28)6-4-19)17-31-24(22)25(35)23(27(33)37)26(36)30-7-2-9-32-11-13-38-14-12-32/h3-6,16-17,35H,2,7-15H2,1H3,(H,29,34)(H,30,36). The Hall–Kier alpha value is -3.83. The van der Waals surface area contributed by atoms with E-state index in [4.69, 9.17) is 4.74 Å². The molecule has 11 heteroatoms. The molecule has 1 saturated heterocycles. The number of hydrogen-bond donors (Lipinski definition) is 3. The van der Waals surface area contributed by atoms with Gasteiger partial charge in [-0.2, -0.15) is 0 Å². The molecule has 4 rings (SSSR count). The highest BCUT2D eigenvalue weighted by Crippen LogP contribution is 2.26. The van der Waals surface area contributed by atoms with E-state index < -0.39 is 17.2 Å². The molecular weight excluding hydrogens is 493 g/mol. The Labute approximate surface area is 219 Å². The monoisotopic (exact) mass is 525 g/mol. The average molecular weight is 526 g/mol. The third kappa shape index (κ3) is 6.73. The van der Waals surface area contributed by atoms with E-state index in [0.717, 1.165) is 30.8 Å². The topological polar surface area (TPSA) is 126 Å². The van der Waals surface area contributed by atoms with E-state index in [1.165, 1.54) is 23.6 Å². The Morgan fingerprint density at radius 3 is 2.53 bits per heavy atom. The molecule has 0 saturated carbocycles. The number of morpholine rings is 1. The Morgan fingerprint density at radius 2 is 1.82 bits per heavy atom. The Bertz CT molecular complexity index is 1350. The zero-order valence-electron chi connectivity index (χ0n) is 21.3. The van der Waals surface area contributed by atoms with Crippen LogP contribution < -0.4 is 16.2 Å². The third-order valence-corrected chi connectivity index (χ3v) is 6.43. The molecule has 0 spiro atoms. The molecule has 0 radical (unpaired) electrons. The van der Waals surface area contributed by atoms with Crippen LogP contribution in [0.15, 0.2) is 41.3 Å². The summed E-state index contributed by atoms with van der Waals surface area (Å²) in [7, 11) is 0. The molecule has 202 valence electrons. The lowest BCUT2D eigenvalue weighted by molar-refractivity contribution is -0.118. The van der Waals surface area contributed by atoms with Gasteiger partial charge in [-0.25, -0.2) is 4.39 Å². The number of nitrogens with one attached hydrogen (secondary N) is 2. The summed E-state index contributed by atoms with van der Waals surface area (Å²) >= 11 is 0. The van der Waals surface area contributed by atoms with Crippen LogP contribution in [-0.2, 0) is 22.5 Å². The van der Waals surface area contributed by atoms with Crippen LogP contribution in [0.2, 0.25) is 0 Å². The number of hydrogen-bond acceptors (Lipinski definition) is 7. The van der Waals surface area contributed by atoms with Gasteiger partial charge in [0.15, 0.2) is 5.75 Å². The number of pyridine rings is 2. The molecule has 2 amide bonds. The smallest absolute Gasteiger partial charge is 0.267 e. The predicted octanol–water partition coefficient (Wildman–Crippen LogP) is 1.42. The molecule has 1 aliphatic rings. The van der Waals surface area contributed by atoms with Crippen molar-refractivity contribution in [3.05, 3.63) is 69.4 Å². The fraction of sp³-hybridized carbons (Fsp3) is 0.407. The maximum Gasteiger partial charge on any atom is 0.267 e. The molecule has 3 aromatic rings. The summed E-state index contributed by atoms with van der Waals surface area (Å²) in [6.07, 6.45) is 2.66. The van der Waals surface area contributed by atoms with E-state index in [9.17, 15) is 23.9 Å².